The summed E-state index contributed by atoms with van der Waals surface area (Å²) in [5.74, 6) is 0.307. The van der Waals surface area contributed by atoms with E-state index in [1.165, 1.54) is 5.56 Å². The summed E-state index contributed by atoms with van der Waals surface area (Å²) in [4.78, 5) is 24.7. The number of fused-ring (bicyclic) bond motifs is 1. The van der Waals surface area contributed by atoms with Gasteiger partial charge in [-0.3, -0.25) is 9.59 Å². The van der Waals surface area contributed by atoms with Gasteiger partial charge in [-0.1, -0.05) is 30.3 Å². The van der Waals surface area contributed by atoms with Crippen LogP contribution in [0.1, 0.15) is 43.2 Å². The molecule has 1 heterocycles. The van der Waals surface area contributed by atoms with Crippen LogP contribution in [0.4, 0.5) is 5.69 Å². The molecule has 2 atom stereocenters. The maximum Gasteiger partial charge on any atom is 0.231 e. The highest BCUT2D eigenvalue weighted by atomic mass is 16.2. The molecule has 1 aliphatic carbocycles. The Morgan fingerprint density at radius 1 is 1.18 bits per heavy atom. The van der Waals surface area contributed by atoms with E-state index < -0.39 is 0 Å². The number of carbonyl (C=O) groups excluding carboxylic acids is 2. The summed E-state index contributed by atoms with van der Waals surface area (Å²) in [5.41, 5.74) is 4.09. The van der Waals surface area contributed by atoms with Gasteiger partial charge in [0.2, 0.25) is 5.91 Å². The van der Waals surface area contributed by atoms with E-state index in [9.17, 15) is 9.59 Å². The Hall–Kier alpha value is -2.88. The second kappa shape index (κ2) is 7.63. The van der Waals surface area contributed by atoms with E-state index in [1.54, 1.807) is 0 Å². The lowest BCUT2D eigenvalue weighted by Gasteiger charge is -2.15. The fraction of sp³-hybridized carbons (Fsp3) is 0.333. The maximum absolute atomic E-state index is 12.8. The Kier molecular flexibility index (Phi) is 5.03. The smallest absolute Gasteiger partial charge is 0.231 e. The van der Waals surface area contributed by atoms with Crippen LogP contribution in [0.2, 0.25) is 0 Å². The van der Waals surface area contributed by atoms with Gasteiger partial charge in [-0.05, 0) is 55.5 Å². The first-order chi connectivity index (χ1) is 13.5. The van der Waals surface area contributed by atoms with Crippen LogP contribution in [-0.2, 0) is 23.1 Å². The quantitative estimate of drug-likeness (QED) is 0.695. The normalized spacial score (nSPS) is 17.8. The molecular formula is C24H26N2O2. The van der Waals surface area contributed by atoms with E-state index >= 15 is 0 Å². The molecular weight excluding hydrogens is 348 g/mol. The van der Waals surface area contributed by atoms with Crippen LogP contribution < -0.4 is 5.32 Å². The highest BCUT2D eigenvalue weighted by Gasteiger charge is 2.24. The summed E-state index contributed by atoms with van der Waals surface area (Å²) in [6.07, 6.45) is 5.57. The molecule has 1 aromatic heterocycles. The number of aryl methyl sites for hydroxylation is 1. The van der Waals surface area contributed by atoms with Crippen LogP contribution in [0.15, 0.2) is 54.7 Å². The SMILES string of the molecule is C[C@@H](C(=O)Nc1cccc2c1ccn2C)c1ccc(C[C@@H]2CCCC2=O)cc1. The predicted octanol–water partition coefficient (Wildman–Crippen LogP) is 4.83. The molecule has 0 radical (unpaired) electrons. The Morgan fingerprint density at radius 3 is 2.68 bits per heavy atom. The second-order valence-corrected chi connectivity index (χ2v) is 7.88. The first-order valence-corrected chi connectivity index (χ1v) is 9.99. The molecule has 4 heteroatoms. The lowest BCUT2D eigenvalue weighted by Crippen LogP contribution is -2.19. The summed E-state index contributed by atoms with van der Waals surface area (Å²) in [5, 5.41) is 4.12. The fourth-order valence-electron chi connectivity index (χ4n) is 4.13. The fourth-order valence-corrected chi connectivity index (χ4v) is 4.13. The molecule has 0 saturated heterocycles. The van der Waals surface area contributed by atoms with Gasteiger partial charge in [0.05, 0.1) is 11.6 Å². The highest BCUT2D eigenvalue weighted by molar-refractivity contribution is 6.03. The van der Waals surface area contributed by atoms with E-state index in [1.807, 2.05) is 61.1 Å². The number of amides is 1. The van der Waals surface area contributed by atoms with Gasteiger partial charge in [0.1, 0.15) is 5.78 Å². The summed E-state index contributed by atoms with van der Waals surface area (Å²) >= 11 is 0. The molecule has 2 aromatic carbocycles. The van der Waals surface area contributed by atoms with Gasteiger partial charge in [-0.15, -0.1) is 0 Å². The minimum atomic E-state index is -0.249. The Balaban J connectivity index is 1.45. The molecule has 3 aromatic rings. The number of ketones is 1. The van der Waals surface area contributed by atoms with E-state index in [4.69, 9.17) is 0 Å². The van der Waals surface area contributed by atoms with E-state index in [-0.39, 0.29) is 17.7 Å². The van der Waals surface area contributed by atoms with Crippen molar-refractivity contribution in [2.75, 3.05) is 5.32 Å². The molecule has 1 aliphatic rings. The molecule has 1 fully saturated rings. The summed E-state index contributed by atoms with van der Waals surface area (Å²) < 4.78 is 2.04. The van der Waals surface area contributed by atoms with Crippen molar-refractivity contribution >= 4 is 28.3 Å². The number of hydrogen-bond acceptors (Lipinski definition) is 2. The zero-order valence-electron chi connectivity index (χ0n) is 16.4. The van der Waals surface area contributed by atoms with Crippen molar-refractivity contribution in [3.8, 4) is 0 Å². The minimum Gasteiger partial charge on any atom is -0.350 e. The van der Waals surface area contributed by atoms with Crippen molar-refractivity contribution in [2.45, 2.75) is 38.5 Å². The number of hydrogen-bond donors (Lipinski definition) is 1. The zero-order valence-corrected chi connectivity index (χ0v) is 16.4. The number of anilines is 1. The molecule has 0 bridgehead atoms. The van der Waals surface area contributed by atoms with Crippen LogP contribution in [0.5, 0.6) is 0 Å². The highest BCUT2D eigenvalue weighted by Crippen LogP contribution is 2.27. The molecule has 0 unspecified atom stereocenters. The third-order valence-electron chi connectivity index (χ3n) is 5.97. The largest absolute Gasteiger partial charge is 0.350 e. The molecule has 144 valence electrons. The molecule has 1 N–H and O–H groups in total. The summed E-state index contributed by atoms with van der Waals surface area (Å²) in [6.45, 7) is 1.93. The third kappa shape index (κ3) is 3.59. The number of Topliss-reactive ketones (excluding diaryl/α,β-unsaturated/α-hetero) is 1. The summed E-state index contributed by atoms with van der Waals surface area (Å²) in [7, 11) is 2.00. The van der Waals surface area contributed by atoms with Gasteiger partial charge in [-0.2, -0.15) is 0 Å². The van der Waals surface area contributed by atoms with Gasteiger partial charge in [0, 0.05) is 36.5 Å². The average molecular weight is 374 g/mol. The van der Waals surface area contributed by atoms with Gasteiger partial charge >= 0.3 is 0 Å². The van der Waals surface area contributed by atoms with Crippen LogP contribution in [0, 0.1) is 5.92 Å². The van der Waals surface area contributed by atoms with Gasteiger partial charge in [0.25, 0.3) is 0 Å². The molecule has 4 rings (SSSR count). The first kappa shape index (κ1) is 18.5. The maximum atomic E-state index is 12.8. The zero-order chi connectivity index (χ0) is 19.7. The number of aromatic nitrogens is 1. The minimum absolute atomic E-state index is 0.0185. The lowest BCUT2D eigenvalue weighted by atomic mass is 9.94. The van der Waals surface area contributed by atoms with Crippen molar-refractivity contribution < 1.29 is 9.59 Å². The van der Waals surface area contributed by atoms with Crippen molar-refractivity contribution in [1.29, 1.82) is 0 Å². The Labute approximate surface area is 165 Å². The number of nitrogens with zero attached hydrogens (tertiary/aromatic N) is 1. The van der Waals surface area contributed by atoms with Crippen molar-refractivity contribution in [3.05, 3.63) is 65.9 Å². The second-order valence-electron chi connectivity index (χ2n) is 7.88. The van der Waals surface area contributed by atoms with Crippen molar-refractivity contribution in [1.82, 2.24) is 4.57 Å². The molecule has 0 spiro atoms. The molecule has 1 amide bonds. The van der Waals surface area contributed by atoms with Crippen LogP contribution in [-0.4, -0.2) is 16.3 Å². The molecule has 4 nitrogen and oxygen atoms in total. The summed E-state index contributed by atoms with van der Waals surface area (Å²) in [6, 6.07) is 16.1. The van der Waals surface area contributed by atoms with Crippen molar-refractivity contribution in [2.24, 2.45) is 13.0 Å². The van der Waals surface area contributed by atoms with Crippen LogP contribution in [0.25, 0.3) is 10.9 Å². The standard InChI is InChI=1S/C24H26N2O2/c1-16(18-11-9-17(10-12-18)15-19-5-3-8-23(19)27)24(28)25-21-6-4-7-22-20(21)13-14-26(22)2/h4,6-7,9-14,16,19H,3,5,8,15H2,1-2H3,(H,25,28)/t16-,19+/m1/s1. The third-order valence-corrected chi connectivity index (χ3v) is 5.97. The molecule has 28 heavy (non-hydrogen) atoms. The van der Waals surface area contributed by atoms with Crippen LogP contribution in [0.3, 0.4) is 0 Å². The lowest BCUT2D eigenvalue weighted by molar-refractivity contribution is -0.120. The van der Waals surface area contributed by atoms with Gasteiger partial charge in [0.15, 0.2) is 0 Å². The molecule has 0 aliphatic heterocycles. The van der Waals surface area contributed by atoms with E-state index in [2.05, 4.69) is 17.4 Å². The van der Waals surface area contributed by atoms with E-state index in [0.717, 1.165) is 47.8 Å². The topological polar surface area (TPSA) is 51.1 Å². The number of benzene rings is 2. The van der Waals surface area contributed by atoms with Gasteiger partial charge in [-0.25, -0.2) is 0 Å². The Bertz CT molecular complexity index is 1020. The predicted molar refractivity (Wildman–Crippen MR) is 112 cm³/mol. The van der Waals surface area contributed by atoms with Crippen molar-refractivity contribution in [3.63, 3.8) is 0 Å². The monoisotopic (exact) mass is 374 g/mol. The van der Waals surface area contributed by atoms with E-state index in [0.29, 0.717) is 5.78 Å². The number of nitrogens with one attached hydrogen (secondary N) is 1. The number of carbonyl (C=O) groups is 2. The van der Waals surface area contributed by atoms with Gasteiger partial charge < -0.3 is 9.88 Å². The first-order valence-electron chi connectivity index (χ1n) is 9.99. The van der Waals surface area contributed by atoms with Crippen LogP contribution >= 0.6 is 0 Å². The Morgan fingerprint density at radius 2 is 1.96 bits per heavy atom. The number of rotatable bonds is 5. The average Bonchev–Trinajstić information content (AvgIpc) is 3.28. The molecule has 1 saturated carbocycles.